The fourth-order valence-electron chi connectivity index (χ4n) is 4.49. The topological polar surface area (TPSA) is 73.0 Å². The van der Waals surface area contributed by atoms with Crippen molar-refractivity contribution in [1.82, 2.24) is 20.0 Å². The maximum Gasteiger partial charge on any atom is 0.251 e. The van der Waals surface area contributed by atoms with Crippen LogP contribution in [0.25, 0.3) is 0 Å². The van der Waals surface area contributed by atoms with Crippen LogP contribution in [-0.4, -0.2) is 84.3 Å². The van der Waals surface area contributed by atoms with E-state index in [1.165, 1.54) is 12.8 Å². The summed E-state index contributed by atoms with van der Waals surface area (Å²) in [6, 6.07) is 6.09. The summed E-state index contributed by atoms with van der Waals surface area (Å²) in [6.07, 6.45) is 5.17. The van der Waals surface area contributed by atoms with Crippen molar-refractivity contribution in [2.75, 3.05) is 45.8 Å². The molecule has 7 nitrogen and oxygen atoms in total. The van der Waals surface area contributed by atoms with Gasteiger partial charge in [-0.25, -0.2) is 0 Å². The number of amides is 3. The van der Waals surface area contributed by atoms with Crippen LogP contribution in [0.15, 0.2) is 24.3 Å². The molecule has 2 heterocycles. The number of likely N-dealkylation sites (tertiary alicyclic amines) is 1. The van der Waals surface area contributed by atoms with E-state index in [2.05, 4.69) is 10.2 Å². The lowest BCUT2D eigenvalue weighted by Gasteiger charge is -2.37. The summed E-state index contributed by atoms with van der Waals surface area (Å²) in [7, 11) is 0. The largest absolute Gasteiger partial charge is 0.342 e. The average Bonchev–Trinajstić information content (AvgIpc) is 3.08. The van der Waals surface area contributed by atoms with Crippen LogP contribution in [0.5, 0.6) is 0 Å². The molecule has 2 aliphatic heterocycles. The van der Waals surface area contributed by atoms with Crippen molar-refractivity contribution in [1.29, 1.82) is 0 Å². The second-order valence-electron chi connectivity index (χ2n) is 9.56. The minimum absolute atomic E-state index is 0.0514. The number of piperazine rings is 1. The molecule has 1 aromatic carbocycles. The van der Waals surface area contributed by atoms with Gasteiger partial charge < -0.3 is 15.1 Å². The third-order valence-electron chi connectivity index (χ3n) is 6.42. The number of nitrogens with one attached hydrogen (secondary N) is 1. The first-order valence-corrected chi connectivity index (χ1v) is 12.6. The van der Waals surface area contributed by atoms with Crippen LogP contribution in [0.1, 0.15) is 56.3 Å². The molecule has 2 aliphatic rings. The molecule has 0 bridgehead atoms. The summed E-state index contributed by atoms with van der Waals surface area (Å²) in [6.45, 7) is 8.71. The number of halogens is 1. The summed E-state index contributed by atoms with van der Waals surface area (Å²) in [5.74, 6) is 0.137. The van der Waals surface area contributed by atoms with Crippen LogP contribution >= 0.6 is 11.6 Å². The second kappa shape index (κ2) is 12.4. The van der Waals surface area contributed by atoms with Crippen molar-refractivity contribution < 1.29 is 14.4 Å². The van der Waals surface area contributed by atoms with E-state index in [0.29, 0.717) is 49.7 Å². The van der Waals surface area contributed by atoms with Gasteiger partial charge in [0.15, 0.2) is 0 Å². The van der Waals surface area contributed by atoms with Gasteiger partial charge >= 0.3 is 0 Å². The molecule has 2 fully saturated rings. The highest BCUT2D eigenvalue weighted by molar-refractivity contribution is 6.30. The van der Waals surface area contributed by atoms with Crippen LogP contribution in [0.4, 0.5) is 0 Å². The number of rotatable bonds is 7. The highest BCUT2D eigenvalue weighted by Gasteiger charge is 2.30. The van der Waals surface area contributed by atoms with E-state index in [0.717, 1.165) is 25.9 Å². The Labute approximate surface area is 202 Å². The first-order chi connectivity index (χ1) is 15.8. The molecule has 3 amide bonds. The zero-order valence-corrected chi connectivity index (χ0v) is 20.6. The van der Waals surface area contributed by atoms with Crippen LogP contribution in [0.2, 0.25) is 5.02 Å². The molecule has 1 atom stereocenters. The molecule has 8 heteroatoms. The Bertz CT molecular complexity index is 798. The third kappa shape index (κ3) is 7.71. The van der Waals surface area contributed by atoms with E-state index in [4.69, 9.17) is 11.6 Å². The van der Waals surface area contributed by atoms with Crippen molar-refractivity contribution in [2.24, 2.45) is 5.92 Å². The molecule has 2 saturated heterocycles. The Kier molecular flexibility index (Phi) is 9.56. The van der Waals surface area contributed by atoms with Gasteiger partial charge in [0.1, 0.15) is 6.04 Å². The third-order valence-corrected chi connectivity index (χ3v) is 6.67. The van der Waals surface area contributed by atoms with Gasteiger partial charge in [-0.15, -0.1) is 0 Å². The van der Waals surface area contributed by atoms with Crippen molar-refractivity contribution in [2.45, 2.75) is 52.0 Å². The van der Waals surface area contributed by atoms with E-state index in [1.54, 1.807) is 24.3 Å². The number of nitrogens with zero attached hydrogens (tertiary/aromatic N) is 3. The second-order valence-corrected chi connectivity index (χ2v) is 10.00. The lowest BCUT2D eigenvalue weighted by molar-refractivity contribution is -0.136. The van der Waals surface area contributed by atoms with Crippen molar-refractivity contribution in [3.05, 3.63) is 34.9 Å². The van der Waals surface area contributed by atoms with Gasteiger partial charge in [-0.2, -0.15) is 0 Å². The number of carbonyl (C=O) groups is 3. The Balaban J connectivity index is 1.53. The fraction of sp³-hybridized carbons (Fsp3) is 0.640. The van der Waals surface area contributed by atoms with Crippen LogP contribution in [0, 0.1) is 5.92 Å². The molecule has 1 N–H and O–H groups in total. The first kappa shape index (κ1) is 25.5. The first-order valence-electron chi connectivity index (χ1n) is 12.2. The lowest BCUT2D eigenvalue weighted by atomic mass is 10.0. The minimum Gasteiger partial charge on any atom is -0.342 e. The van der Waals surface area contributed by atoms with Crippen LogP contribution in [0.3, 0.4) is 0 Å². The number of carbonyl (C=O) groups excluding carboxylic acids is 3. The van der Waals surface area contributed by atoms with Gasteiger partial charge in [-0.3, -0.25) is 19.3 Å². The smallest absolute Gasteiger partial charge is 0.251 e. The van der Waals surface area contributed by atoms with Crippen molar-refractivity contribution >= 4 is 29.3 Å². The molecule has 1 unspecified atom stereocenters. The maximum absolute atomic E-state index is 13.3. The Morgan fingerprint density at radius 2 is 1.48 bits per heavy atom. The van der Waals surface area contributed by atoms with Gasteiger partial charge in [0.2, 0.25) is 11.8 Å². The zero-order chi connectivity index (χ0) is 23.8. The van der Waals surface area contributed by atoms with Crippen molar-refractivity contribution in [3.8, 4) is 0 Å². The van der Waals surface area contributed by atoms with E-state index in [1.807, 2.05) is 23.6 Å². The molecule has 0 aromatic heterocycles. The molecular weight excluding hydrogens is 440 g/mol. The summed E-state index contributed by atoms with van der Waals surface area (Å²) < 4.78 is 0. The summed E-state index contributed by atoms with van der Waals surface area (Å²) in [5, 5.41) is 3.49. The lowest BCUT2D eigenvalue weighted by Crippen LogP contribution is -2.56. The Hall–Kier alpha value is -2.12. The SMILES string of the molecule is CC(C)CC(NC(=O)c1ccc(Cl)cc1)C(=O)N1CCN(CC(=O)N2CCCCCC2)CC1. The summed E-state index contributed by atoms with van der Waals surface area (Å²) in [5.41, 5.74) is 0.484. The van der Waals surface area contributed by atoms with Crippen LogP contribution in [-0.2, 0) is 9.59 Å². The van der Waals surface area contributed by atoms with Gasteiger partial charge in [-0.1, -0.05) is 38.3 Å². The molecule has 0 saturated carbocycles. The minimum atomic E-state index is -0.571. The fourth-order valence-corrected chi connectivity index (χ4v) is 4.62. The van der Waals surface area contributed by atoms with Gasteiger partial charge in [-0.05, 0) is 49.4 Å². The monoisotopic (exact) mass is 476 g/mol. The number of benzene rings is 1. The normalized spacial score (nSPS) is 18.7. The number of hydrogen-bond donors (Lipinski definition) is 1. The number of hydrogen-bond acceptors (Lipinski definition) is 4. The standard InChI is InChI=1S/C25H37ClN4O3/c1-19(2)17-22(27-24(32)20-7-9-21(26)10-8-20)25(33)30-15-13-28(14-16-30)18-23(31)29-11-5-3-4-6-12-29/h7-10,19,22H,3-6,11-18H2,1-2H3,(H,27,32). The van der Waals surface area contributed by atoms with E-state index in [9.17, 15) is 14.4 Å². The maximum atomic E-state index is 13.3. The highest BCUT2D eigenvalue weighted by Crippen LogP contribution is 2.14. The Morgan fingerprint density at radius 1 is 0.879 bits per heavy atom. The Morgan fingerprint density at radius 3 is 2.06 bits per heavy atom. The predicted octanol–water partition coefficient (Wildman–Crippen LogP) is 3.03. The molecule has 1 aromatic rings. The van der Waals surface area contributed by atoms with E-state index < -0.39 is 6.04 Å². The van der Waals surface area contributed by atoms with Gasteiger partial charge in [0.05, 0.1) is 6.54 Å². The quantitative estimate of drug-likeness (QED) is 0.656. The van der Waals surface area contributed by atoms with Gasteiger partial charge in [0.25, 0.3) is 5.91 Å². The van der Waals surface area contributed by atoms with E-state index >= 15 is 0 Å². The molecular formula is C25H37ClN4O3. The summed E-state index contributed by atoms with van der Waals surface area (Å²) >= 11 is 5.92. The molecule has 0 radical (unpaired) electrons. The average molecular weight is 477 g/mol. The summed E-state index contributed by atoms with van der Waals surface area (Å²) in [4.78, 5) is 44.6. The molecule has 182 valence electrons. The molecule has 0 spiro atoms. The van der Waals surface area contributed by atoms with E-state index in [-0.39, 0.29) is 23.6 Å². The van der Waals surface area contributed by atoms with Crippen LogP contribution < -0.4 is 5.32 Å². The predicted molar refractivity (Wildman–Crippen MR) is 130 cm³/mol. The zero-order valence-electron chi connectivity index (χ0n) is 19.9. The molecule has 33 heavy (non-hydrogen) atoms. The van der Waals surface area contributed by atoms with Gasteiger partial charge in [0, 0.05) is 49.9 Å². The van der Waals surface area contributed by atoms with Crippen molar-refractivity contribution in [3.63, 3.8) is 0 Å². The highest BCUT2D eigenvalue weighted by atomic mass is 35.5. The molecule has 3 rings (SSSR count). The molecule has 0 aliphatic carbocycles.